The Morgan fingerprint density at radius 1 is 1.00 bits per heavy atom. The van der Waals surface area contributed by atoms with Gasteiger partial charge in [0.1, 0.15) is 5.82 Å². The van der Waals surface area contributed by atoms with E-state index in [1.807, 2.05) is 5.32 Å². The molecule has 1 amide bonds. The minimum atomic E-state index is -4.19. The van der Waals surface area contributed by atoms with E-state index in [4.69, 9.17) is 0 Å². The molecule has 29 heavy (non-hydrogen) atoms. The number of rotatable bonds is 4. The molecule has 0 aromatic heterocycles. The van der Waals surface area contributed by atoms with E-state index in [0.717, 1.165) is 6.07 Å². The van der Waals surface area contributed by atoms with Crippen LogP contribution < -0.4 is 5.32 Å². The molecule has 1 unspecified atom stereocenters. The molecule has 2 aromatic rings. The average molecular weight is 451 g/mol. The second-order valence-corrected chi connectivity index (χ2v) is 10.8. The van der Waals surface area contributed by atoms with Gasteiger partial charge in [0, 0.05) is 0 Å². The van der Waals surface area contributed by atoms with Crippen molar-refractivity contribution in [1.82, 2.24) is 0 Å². The largest absolute Gasteiger partial charge is 0.319 e. The Kier molecular flexibility index (Phi) is 5.43. The van der Waals surface area contributed by atoms with E-state index in [1.165, 1.54) is 0 Å². The third-order valence-corrected chi connectivity index (χ3v) is 8.59. The number of halogens is 4. The first-order valence-corrected chi connectivity index (χ1v) is 11.5. The van der Waals surface area contributed by atoms with Gasteiger partial charge in [0.05, 0.1) is 32.9 Å². The van der Waals surface area contributed by atoms with E-state index < -0.39 is 76.0 Å². The van der Waals surface area contributed by atoms with Crippen molar-refractivity contribution < 1.29 is 39.2 Å². The second-order valence-electron chi connectivity index (χ2n) is 6.39. The van der Waals surface area contributed by atoms with Crippen LogP contribution >= 0.6 is 0 Å². The average Bonchev–Trinajstić information content (AvgIpc) is 3.03. The minimum Gasteiger partial charge on any atom is -0.319 e. The molecule has 12 heteroatoms. The van der Waals surface area contributed by atoms with Crippen molar-refractivity contribution in [2.24, 2.45) is 0 Å². The fraction of sp³-hybridized carbons (Fsp3) is 0.235. The highest BCUT2D eigenvalue weighted by Gasteiger charge is 2.38. The molecule has 6 nitrogen and oxygen atoms in total. The lowest BCUT2D eigenvalue weighted by atomic mass is 10.2. The van der Waals surface area contributed by atoms with Crippen molar-refractivity contribution in [3.63, 3.8) is 0 Å². The summed E-state index contributed by atoms with van der Waals surface area (Å²) in [5.41, 5.74) is -1.57. The molecule has 0 saturated carbocycles. The zero-order chi connectivity index (χ0) is 21.6. The minimum absolute atomic E-state index is 0.135. The van der Waals surface area contributed by atoms with Crippen LogP contribution in [0.15, 0.2) is 35.2 Å². The SMILES string of the molecule is O=C(Nc1ccc(F)c(F)c1F)c1cc(S(=O)(=O)C2CCS(=O)(=O)C2)ccc1F. The molecule has 0 bridgehead atoms. The number of carbonyl (C=O) groups excluding carboxylic acids is 1. The Balaban J connectivity index is 1.93. The quantitative estimate of drug-likeness (QED) is 0.438. The Morgan fingerprint density at radius 2 is 1.66 bits per heavy atom. The first-order valence-electron chi connectivity index (χ1n) is 8.11. The van der Waals surface area contributed by atoms with Crippen molar-refractivity contribution >= 4 is 31.3 Å². The molecule has 3 rings (SSSR count). The topological polar surface area (TPSA) is 97.4 Å². The summed E-state index contributed by atoms with van der Waals surface area (Å²) in [5, 5.41) is 0.607. The number of carbonyl (C=O) groups is 1. The van der Waals surface area contributed by atoms with Gasteiger partial charge in [-0.3, -0.25) is 4.79 Å². The first kappa shape index (κ1) is 21.2. The van der Waals surface area contributed by atoms with Crippen molar-refractivity contribution in [2.75, 3.05) is 16.8 Å². The van der Waals surface area contributed by atoms with Gasteiger partial charge in [-0.25, -0.2) is 34.4 Å². The summed E-state index contributed by atoms with van der Waals surface area (Å²) < 4.78 is 102. The Morgan fingerprint density at radius 3 is 2.28 bits per heavy atom. The number of hydrogen-bond acceptors (Lipinski definition) is 5. The van der Waals surface area contributed by atoms with E-state index in [2.05, 4.69) is 0 Å². The molecule has 0 spiro atoms. The van der Waals surface area contributed by atoms with Crippen molar-refractivity contribution in [1.29, 1.82) is 0 Å². The van der Waals surface area contributed by atoms with Gasteiger partial charge in [0.2, 0.25) is 0 Å². The zero-order valence-electron chi connectivity index (χ0n) is 14.5. The standard InChI is InChI=1S/C17H13F4NO5S2/c18-12-2-1-9(29(26,27)10-5-6-28(24,25)8-10)7-11(12)17(23)22-14-4-3-13(19)15(20)16(14)21/h1-4,7,10H,5-6,8H2,(H,22,23). The monoisotopic (exact) mass is 451 g/mol. The molecule has 1 N–H and O–H groups in total. The molecule has 1 saturated heterocycles. The highest BCUT2D eigenvalue weighted by molar-refractivity contribution is 7.96. The lowest BCUT2D eigenvalue weighted by Crippen LogP contribution is -2.23. The maximum Gasteiger partial charge on any atom is 0.258 e. The second kappa shape index (κ2) is 7.41. The smallest absolute Gasteiger partial charge is 0.258 e. The summed E-state index contributed by atoms with van der Waals surface area (Å²) in [6, 6.07) is 3.51. The Labute approximate surface area is 163 Å². The van der Waals surface area contributed by atoms with Crippen LogP contribution in [0.4, 0.5) is 23.2 Å². The third-order valence-electron chi connectivity index (χ3n) is 4.42. The van der Waals surface area contributed by atoms with Gasteiger partial charge in [-0.15, -0.1) is 0 Å². The lowest BCUT2D eigenvalue weighted by molar-refractivity contribution is 0.102. The zero-order valence-corrected chi connectivity index (χ0v) is 16.1. The molecule has 1 heterocycles. The molecule has 1 atom stereocenters. The number of sulfone groups is 2. The summed E-state index contributed by atoms with van der Waals surface area (Å²) in [6.45, 7) is 0. The van der Waals surface area contributed by atoms with Crippen LogP contribution in [0.3, 0.4) is 0 Å². The predicted molar refractivity (Wildman–Crippen MR) is 94.9 cm³/mol. The Hall–Kier alpha value is -2.47. The predicted octanol–water partition coefficient (Wildman–Crippen LogP) is 2.46. The summed E-state index contributed by atoms with van der Waals surface area (Å²) >= 11 is 0. The van der Waals surface area contributed by atoms with Crippen LogP contribution in [0, 0.1) is 23.3 Å². The van der Waals surface area contributed by atoms with E-state index in [1.54, 1.807) is 0 Å². The van der Waals surface area contributed by atoms with Gasteiger partial charge in [-0.2, -0.15) is 0 Å². The number of anilines is 1. The third kappa shape index (κ3) is 4.13. The van der Waals surface area contributed by atoms with Gasteiger partial charge in [0.15, 0.2) is 37.1 Å². The fourth-order valence-corrected chi connectivity index (χ4v) is 7.25. The van der Waals surface area contributed by atoms with E-state index in [-0.39, 0.29) is 12.2 Å². The summed E-state index contributed by atoms with van der Waals surface area (Å²) in [6.07, 6.45) is -0.135. The van der Waals surface area contributed by atoms with Gasteiger partial charge < -0.3 is 5.32 Å². The van der Waals surface area contributed by atoms with Crippen LogP contribution in [0.2, 0.25) is 0 Å². The maximum atomic E-state index is 14.1. The number of hydrogen-bond donors (Lipinski definition) is 1. The van der Waals surface area contributed by atoms with Crippen molar-refractivity contribution in [3.8, 4) is 0 Å². The van der Waals surface area contributed by atoms with Crippen molar-refractivity contribution in [2.45, 2.75) is 16.6 Å². The van der Waals surface area contributed by atoms with E-state index in [9.17, 15) is 39.2 Å². The first-order chi connectivity index (χ1) is 13.4. The van der Waals surface area contributed by atoms with E-state index >= 15 is 0 Å². The molecular formula is C17H13F4NO5S2. The number of nitrogens with one attached hydrogen (secondary N) is 1. The summed E-state index contributed by atoms with van der Waals surface area (Å²) in [4.78, 5) is 11.8. The summed E-state index contributed by atoms with van der Waals surface area (Å²) in [7, 11) is -7.70. The molecule has 156 valence electrons. The van der Waals surface area contributed by atoms with Crippen LogP contribution in [0.1, 0.15) is 16.8 Å². The molecule has 1 fully saturated rings. The number of benzene rings is 2. The van der Waals surface area contributed by atoms with Crippen LogP contribution in [0.5, 0.6) is 0 Å². The molecule has 0 radical (unpaired) electrons. The molecule has 1 aliphatic heterocycles. The fourth-order valence-electron chi connectivity index (χ4n) is 2.87. The highest BCUT2D eigenvalue weighted by Crippen LogP contribution is 2.27. The van der Waals surface area contributed by atoms with Crippen molar-refractivity contribution in [3.05, 3.63) is 59.2 Å². The molecular weight excluding hydrogens is 438 g/mol. The summed E-state index contributed by atoms with van der Waals surface area (Å²) in [5.74, 6) is -8.39. The van der Waals surface area contributed by atoms with Crippen LogP contribution in [-0.4, -0.2) is 39.5 Å². The van der Waals surface area contributed by atoms with E-state index in [0.29, 0.717) is 24.3 Å². The van der Waals surface area contributed by atoms with Gasteiger partial charge in [-0.1, -0.05) is 0 Å². The normalized spacial score (nSPS) is 18.6. The van der Waals surface area contributed by atoms with Gasteiger partial charge >= 0.3 is 0 Å². The molecule has 2 aromatic carbocycles. The Bertz CT molecular complexity index is 1210. The lowest BCUT2D eigenvalue weighted by Gasteiger charge is -2.12. The van der Waals surface area contributed by atoms with Crippen LogP contribution in [0.25, 0.3) is 0 Å². The highest BCUT2D eigenvalue weighted by atomic mass is 32.2. The number of amides is 1. The molecule has 0 aliphatic carbocycles. The van der Waals surface area contributed by atoms with Gasteiger partial charge in [0.25, 0.3) is 5.91 Å². The molecule has 1 aliphatic rings. The van der Waals surface area contributed by atoms with Gasteiger partial charge in [-0.05, 0) is 36.8 Å². The van der Waals surface area contributed by atoms with Crippen LogP contribution in [-0.2, 0) is 19.7 Å². The maximum absolute atomic E-state index is 14.1.